The molecular formula is C12H19N5O2S. The Hall–Kier alpha value is -1.83. The SMILES string of the molecule is CNC(=O)c1c(N)nsc1NC1CCC(C(N)=O)CC1. The van der Waals surface area contributed by atoms with E-state index in [9.17, 15) is 9.59 Å². The van der Waals surface area contributed by atoms with Gasteiger partial charge in [0, 0.05) is 19.0 Å². The number of nitrogens with two attached hydrogens (primary N) is 2. The van der Waals surface area contributed by atoms with Crippen LogP contribution in [0.15, 0.2) is 0 Å². The van der Waals surface area contributed by atoms with Gasteiger partial charge < -0.3 is 22.1 Å². The van der Waals surface area contributed by atoms with Crippen molar-refractivity contribution in [1.82, 2.24) is 9.69 Å². The molecule has 1 heterocycles. The van der Waals surface area contributed by atoms with Gasteiger partial charge >= 0.3 is 0 Å². The molecule has 0 bridgehead atoms. The summed E-state index contributed by atoms with van der Waals surface area (Å²) in [6.45, 7) is 0. The Bertz CT molecular complexity index is 508. The van der Waals surface area contributed by atoms with Crippen molar-refractivity contribution in [3.05, 3.63) is 5.56 Å². The third-order valence-electron chi connectivity index (χ3n) is 3.64. The summed E-state index contributed by atoms with van der Waals surface area (Å²) in [7, 11) is 1.56. The first kappa shape index (κ1) is 14.6. The molecule has 0 aromatic carbocycles. The Labute approximate surface area is 121 Å². The maximum atomic E-state index is 11.8. The summed E-state index contributed by atoms with van der Waals surface area (Å²) in [5.41, 5.74) is 11.4. The molecule has 0 unspecified atom stereocenters. The number of anilines is 2. The van der Waals surface area contributed by atoms with Gasteiger partial charge in [-0.2, -0.15) is 4.37 Å². The first-order chi connectivity index (χ1) is 9.52. The second kappa shape index (κ2) is 6.08. The number of nitrogens with zero attached hydrogens (tertiary/aromatic N) is 1. The monoisotopic (exact) mass is 297 g/mol. The molecule has 2 amide bonds. The fourth-order valence-corrected chi connectivity index (χ4v) is 3.24. The minimum Gasteiger partial charge on any atom is -0.382 e. The minimum atomic E-state index is -0.246. The van der Waals surface area contributed by atoms with Crippen molar-refractivity contribution in [2.45, 2.75) is 31.7 Å². The van der Waals surface area contributed by atoms with E-state index in [0.29, 0.717) is 10.6 Å². The van der Waals surface area contributed by atoms with Gasteiger partial charge in [-0.3, -0.25) is 9.59 Å². The predicted molar refractivity (Wildman–Crippen MR) is 78.5 cm³/mol. The van der Waals surface area contributed by atoms with Crippen LogP contribution in [-0.2, 0) is 4.79 Å². The van der Waals surface area contributed by atoms with Gasteiger partial charge in [-0.25, -0.2) is 0 Å². The molecule has 7 nitrogen and oxygen atoms in total. The van der Waals surface area contributed by atoms with Crippen LogP contribution in [0.5, 0.6) is 0 Å². The van der Waals surface area contributed by atoms with Gasteiger partial charge in [0.25, 0.3) is 5.91 Å². The fourth-order valence-electron chi connectivity index (χ4n) is 2.45. The van der Waals surface area contributed by atoms with Crippen molar-refractivity contribution in [3.63, 3.8) is 0 Å². The predicted octanol–water partition coefficient (Wildman–Crippen LogP) is 0.541. The Kier molecular flexibility index (Phi) is 4.43. The van der Waals surface area contributed by atoms with Crippen LogP contribution in [0, 0.1) is 5.92 Å². The van der Waals surface area contributed by atoms with Gasteiger partial charge in [0.15, 0.2) is 5.82 Å². The lowest BCUT2D eigenvalue weighted by Crippen LogP contribution is -2.32. The summed E-state index contributed by atoms with van der Waals surface area (Å²) >= 11 is 1.18. The molecule has 1 aromatic rings. The van der Waals surface area contributed by atoms with Crippen LogP contribution in [0.1, 0.15) is 36.0 Å². The van der Waals surface area contributed by atoms with Gasteiger partial charge in [-0.05, 0) is 37.2 Å². The zero-order valence-corrected chi connectivity index (χ0v) is 12.1. The molecule has 1 aromatic heterocycles. The quantitative estimate of drug-likeness (QED) is 0.646. The lowest BCUT2D eigenvalue weighted by atomic mass is 9.85. The zero-order chi connectivity index (χ0) is 14.7. The summed E-state index contributed by atoms with van der Waals surface area (Å²) in [5.74, 6) is -0.262. The van der Waals surface area contributed by atoms with Gasteiger partial charge in [-0.15, -0.1) is 0 Å². The summed E-state index contributed by atoms with van der Waals surface area (Å²) in [4.78, 5) is 22.9. The Morgan fingerprint density at radius 2 is 1.95 bits per heavy atom. The van der Waals surface area contributed by atoms with E-state index in [-0.39, 0.29) is 29.6 Å². The van der Waals surface area contributed by atoms with Gasteiger partial charge in [-0.1, -0.05) is 0 Å². The van der Waals surface area contributed by atoms with Crippen molar-refractivity contribution >= 4 is 34.2 Å². The first-order valence-electron chi connectivity index (χ1n) is 6.56. The van der Waals surface area contributed by atoms with Crippen molar-refractivity contribution in [1.29, 1.82) is 0 Å². The van der Waals surface area contributed by atoms with E-state index in [4.69, 9.17) is 11.5 Å². The smallest absolute Gasteiger partial charge is 0.257 e. The molecule has 6 N–H and O–H groups in total. The highest BCUT2D eigenvalue weighted by Gasteiger charge is 2.26. The van der Waals surface area contributed by atoms with Crippen molar-refractivity contribution < 1.29 is 9.59 Å². The van der Waals surface area contributed by atoms with Crippen molar-refractivity contribution in [2.24, 2.45) is 11.7 Å². The Morgan fingerprint density at radius 3 is 2.50 bits per heavy atom. The maximum absolute atomic E-state index is 11.8. The van der Waals surface area contributed by atoms with Crippen LogP contribution in [-0.4, -0.2) is 29.3 Å². The van der Waals surface area contributed by atoms with E-state index < -0.39 is 0 Å². The molecule has 8 heteroatoms. The van der Waals surface area contributed by atoms with Crippen LogP contribution in [0.3, 0.4) is 0 Å². The molecule has 2 rings (SSSR count). The van der Waals surface area contributed by atoms with Crippen molar-refractivity contribution in [3.8, 4) is 0 Å². The third-order valence-corrected chi connectivity index (χ3v) is 4.43. The standard InChI is InChI=1S/C12H19N5O2S/c1-15-11(19)8-9(13)17-20-12(8)16-7-4-2-6(3-5-7)10(14)18/h6-7,16H,2-5H2,1H3,(H2,13,17)(H2,14,18)(H,15,19). The Balaban J connectivity index is 2.01. The molecule has 1 saturated carbocycles. The van der Waals surface area contributed by atoms with Gasteiger partial charge in [0.05, 0.1) is 0 Å². The highest BCUT2D eigenvalue weighted by molar-refractivity contribution is 7.11. The van der Waals surface area contributed by atoms with E-state index in [1.54, 1.807) is 7.05 Å². The highest BCUT2D eigenvalue weighted by atomic mass is 32.1. The van der Waals surface area contributed by atoms with E-state index >= 15 is 0 Å². The average Bonchev–Trinajstić information content (AvgIpc) is 2.79. The summed E-state index contributed by atoms with van der Waals surface area (Å²) in [6.07, 6.45) is 3.24. The van der Waals surface area contributed by atoms with E-state index in [1.807, 2.05) is 0 Å². The molecule has 110 valence electrons. The number of rotatable bonds is 4. The molecule has 0 atom stereocenters. The van der Waals surface area contributed by atoms with Crippen LogP contribution in [0.4, 0.5) is 10.8 Å². The van der Waals surface area contributed by atoms with E-state index in [1.165, 1.54) is 11.5 Å². The second-order valence-corrected chi connectivity index (χ2v) is 5.72. The molecule has 0 saturated heterocycles. The summed E-state index contributed by atoms with van der Waals surface area (Å²) in [6, 6.07) is 0.217. The van der Waals surface area contributed by atoms with Gasteiger partial charge in [0.1, 0.15) is 10.6 Å². The lowest BCUT2D eigenvalue weighted by molar-refractivity contribution is -0.122. The number of carbonyl (C=O) groups excluding carboxylic acids is 2. The third kappa shape index (κ3) is 3.01. The molecule has 0 aliphatic heterocycles. The molecule has 0 radical (unpaired) electrons. The maximum Gasteiger partial charge on any atom is 0.257 e. The minimum absolute atomic E-state index is 0.0296. The number of aromatic nitrogens is 1. The summed E-state index contributed by atoms with van der Waals surface area (Å²) < 4.78 is 4.02. The molecule has 1 aliphatic rings. The molecule has 1 fully saturated rings. The first-order valence-corrected chi connectivity index (χ1v) is 7.33. The van der Waals surface area contributed by atoms with E-state index in [2.05, 4.69) is 15.0 Å². The highest BCUT2D eigenvalue weighted by Crippen LogP contribution is 2.31. The number of carbonyl (C=O) groups is 2. The average molecular weight is 297 g/mol. The fraction of sp³-hybridized carbons (Fsp3) is 0.583. The number of hydrogen-bond acceptors (Lipinski definition) is 6. The molecule has 1 aliphatic carbocycles. The number of nitrogen functional groups attached to an aromatic ring is 1. The van der Waals surface area contributed by atoms with Crippen LogP contribution in [0.2, 0.25) is 0 Å². The Morgan fingerprint density at radius 1 is 1.30 bits per heavy atom. The largest absolute Gasteiger partial charge is 0.382 e. The zero-order valence-electron chi connectivity index (χ0n) is 11.3. The number of hydrogen-bond donors (Lipinski definition) is 4. The van der Waals surface area contributed by atoms with Crippen LogP contribution < -0.4 is 22.1 Å². The number of primary amides is 1. The lowest BCUT2D eigenvalue weighted by Gasteiger charge is -2.27. The normalized spacial score (nSPS) is 22.2. The number of nitrogens with one attached hydrogen (secondary N) is 2. The summed E-state index contributed by atoms with van der Waals surface area (Å²) in [5, 5.41) is 6.55. The molecule has 0 spiro atoms. The van der Waals surface area contributed by atoms with Gasteiger partial charge in [0.2, 0.25) is 5.91 Å². The number of amides is 2. The van der Waals surface area contributed by atoms with Crippen molar-refractivity contribution in [2.75, 3.05) is 18.1 Å². The van der Waals surface area contributed by atoms with E-state index in [0.717, 1.165) is 25.7 Å². The molecule has 20 heavy (non-hydrogen) atoms. The van der Waals surface area contributed by atoms with Crippen LogP contribution in [0.25, 0.3) is 0 Å². The van der Waals surface area contributed by atoms with Crippen LogP contribution >= 0.6 is 11.5 Å². The topological polar surface area (TPSA) is 123 Å². The molecular weight excluding hydrogens is 278 g/mol. The second-order valence-electron chi connectivity index (χ2n) is 4.95.